The Morgan fingerprint density at radius 1 is 1.12 bits per heavy atom. The summed E-state index contributed by atoms with van der Waals surface area (Å²) in [4.78, 5) is 22.2. The number of hydrogen-bond donors (Lipinski definition) is 0. The van der Waals surface area contributed by atoms with Crippen LogP contribution in [-0.2, 0) is 4.79 Å². The van der Waals surface area contributed by atoms with Gasteiger partial charge in [0.1, 0.15) is 0 Å². The molecule has 16 heavy (non-hydrogen) atoms. The van der Waals surface area contributed by atoms with Crippen molar-refractivity contribution in [3.8, 4) is 0 Å². The van der Waals surface area contributed by atoms with Crippen LogP contribution in [-0.4, -0.2) is 10.7 Å². The van der Waals surface area contributed by atoms with Crippen molar-refractivity contribution in [2.24, 2.45) is 0 Å². The average molecular weight is 217 g/mol. The van der Waals surface area contributed by atoms with Crippen molar-refractivity contribution in [3.05, 3.63) is 51.7 Å². The van der Waals surface area contributed by atoms with Gasteiger partial charge in [0.25, 0.3) is 5.70 Å². The molecule has 1 aromatic carbocycles. The summed E-state index contributed by atoms with van der Waals surface area (Å²) in [6.07, 6.45) is 1.36. The monoisotopic (exact) mass is 217 g/mol. The smallest absolute Gasteiger partial charge is 0.257 e. The Bertz CT molecular complexity index is 462. The molecule has 0 aromatic heterocycles. The Morgan fingerprint density at radius 3 is 2.44 bits per heavy atom. The predicted octanol–water partition coefficient (Wildman–Crippen LogP) is 2.43. The van der Waals surface area contributed by atoms with Crippen LogP contribution < -0.4 is 0 Å². The third kappa shape index (κ3) is 1.86. The summed E-state index contributed by atoms with van der Waals surface area (Å²) in [5.74, 6) is -0.121. The van der Waals surface area contributed by atoms with E-state index < -0.39 is 4.92 Å². The maximum Gasteiger partial charge on any atom is 0.257 e. The number of carbonyl (C=O) groups is 1. The van der Waals surface area contributed by atoms with Crippen LogP contribution in [0.25, 0.3) is 5.57 Å². The van der Waals surface area contributed by atoms with E-state index in [1.807, 2.05) is 6.07 Å². The minimum Gasteiger partial charge on any atom is -0.294 e. The van der Waals surface area contributed by atoms with Crippen molar-refractivity contribution in [2.45, 2.75) is 19.3 Å². The number of hydrogen-bond acceptors (Lipinski definition) is 3. The summed E-state index contributed by atoms with van der Waals surface area (Å²) < 4.78 is 0. The summed E-state index contributed by atoms with van der Waals surface area (Å²) in [5, 5.41) is 10.9. The molecule has 0 unspecified atom stereocenters. The van der Waals surface area contributed by atoms with Crippen molar-refractivity contribution >= 4 is 11.4 Å². The molecule has 0 aliphatic heterocycles. The number of Topliss-reactive ketones (excluding diaryl/α,β-unsaturated/α-hetero) is 1. The van der Waals surface area contributed by atoms with Gasteiger partial charge in [-0.05, 0) is 12.0 Å². The van der Waals surface area contributed by atoms with E-state index in [9.17, 15) is 14.9 Å². The number of ketones is 1. The van der Waals surface area contributed by atoms with E-state index in [0.29, 0.717) is 24.8 Å². The molecule has 1 aliphatic carbocycles. The summed E-state index contributed by atoms with van der Waals surface area (Å²) in [7, 11) is 0. The van der Waals surface area contributed by atoms with Gasteiger partial charge in [-0.15, -0.1) is 0 Å². The third-order valence-electron chi connectivity index (χ3n) is 2.67. The first-order chi connectivity index (χ1) is 7.70. The second-order valence-corrected chi connectivity index (χ2v) is 3.72. The van der Waals surface area contributed by atoms with Crippen molar-refractivity contribution in [1.82, 2.24) is 0 Å². The quantitative estimate of drug-likeness (QED) is 0.564. The number of carbonyl (C=O) groups excluding carboxylic acids is 1. The average Bonchev–Trinajstić information content (AvgIpc) is 2.29. The zero-order chi connectivity index (χ0) is 11.5. The van der Waals surface area contributed by atoms with E-state index in [1.54, 1.807) is 24.3 Å². The molecule has 0 saturated heterocycles. The molecule has 0 N–H and O–H groups in total. The molecule has 0 fully saturated rings. The lowest BCUT2D eigenvalue weighted by Gasteiger charge is -2.13. The van der Waals surface area contributed by atoms with Crippen LogP contribution in [0.5, 0.6) is 0 Å². The Hall–Kier alpha value is -1.97. The van der Waals surface area contributed by atoms with Crippen LogP contribution in [0.3, 0.4) is 0 Å². The highest BCUT2D eigenvalue weighted by Gasteiger charge is 2.29. The van der Waals surface area contributed by atoms with Crippen LogP contribution in [0.15, 0.2) is 36.0 Å². The molecule has 0 atom stereocenters. The number of rotatable bonds is 2. The van der Waals surface area contributed by atoms with Gasteiger partial charge in [-0.25, -0.2) is 0 Å². The highest BCUT2D eigenvalue weighted by molar-refractivity contribution is 6.21. The fourth-order valence-electron chi connectivity index (χ4n) is 1.94. The lowest BCUT2D eigenvalue weighted by molar-refractivity contribution is -0.427. The van der Waals surface area contributed by atoms with Gasteiger partial charge >= 0.3 is 0 Å². The molecule has 82 valence electrons. The van der Waals surface area contributed by atoms with E-state index in [-0.39, 0.29) is 17.1 Å². The standard InChI is InChI=1S/C12H11NO3/c14-11-8-4-7-10(13(15)16)12(11)9-5-2-1-3-6-9/h1-3,5-6H,4,7-8H2. The molecular formula is C12H11NO3. The Balaban J connectivity index is 2.56. The molecule has 0 spiro atoms. The second kappa shape index (κ2) is 4.26. The molecule has 1 aliphatic rings. The maximum atomic E-state index is 11.7. The van der Waals surface area contributed by atoms with Crippen LogP contribution in [0.1, 0.15) is 24.8 Å². The first-order valence-electron chi connectivity index (χ1n) is 5.16. The Kier molecular flexibility index (Phi) is 2.81. The van der Waals surface area contributed by atoms with Crippen molar-refractivity contribution in [1.29, 1.82) is 0 Å². The van der Waals surface area contributed by atoms with Crippen molar-refractivity contribution in [3.63, 3.8) is 0 Å². The first kappa shape index (κ1) is 10.5. The highest BCUT2D eigenvalue weighted by atomic mass is 16.6. The Morgan fingerprint density at radius 2 is 1.81 bits per heavy atom. The zero-order valence-electron chi connectivity index (χ0n) is 8.68. The van der Waals surface area contributed by atoms with E-state index in [0.717, 1.165) is 0 Å². The summed E-state index contributed by atoms with van der Waals surface area (Å²) >= 11 is 0. The molecule has 4 heteroatoms. The van der Waals surface area contributed by atoms with Gasteiger partial charge in [0.2, 0.25) is 0 Å². The molecule has 1 aromatic rings. The molecule has 0 bridgehead atoms. The van der Waals surface area contributed by atoms with Gasteiger partial charge in [-0.2, -0.15) is 0 Å². The lowest BCUT2D eigenvalue weighted by Crippen LogP contribution is -2.15. The van der Waals surface area contributed by atoms with Gasteiger partial charge in [0.05, 0.1) is 10.5 Å². The fraction of sp³-hybridized carbons (Fsp3) is 0.250. The van der Waals surface area contributed by atoms with Gasteiger partial charge in [0.15, 0.2) is 5.78 Å². The number of nitrogens with zero attached hydrogens (tertiary/aromatic N) is 1. The molecule has 0 heterocycles. The zero-order valence-corrected chi connectivity index (χ0v) is 8.68. The topological polar surface area (TPSA) is 60.2 Å². The minimum atomic E-state index is -0.431. The molecule has 0 radical (unpaired) electrons. The fourth-order valence-corrected chi connectivity index (χ4v) is 1.94. The molecule has 0 saturated carbocycles. The van der Waals surface area contributed by atoms with Crippen molar-refractivity contribution in [2.75, 3.05) is 0 Å². The maximum absolute atomic E-state index is 11.7. The molecule has 0 amide bonds. The first-order valence-corrected chi connectivity index (χ1v) is 5.16. The van der Waals surface area contributed by atoms with E-state index >= 15 is 0 Å². The largest absolute Gasteiger partial charge is 0.294 e. The van der Waals surface area contributed by atoms with Gasteiger partial charge in [-0.1, -0.05) is 30.3 Å². The molecular weight excluding hydrogens is 206 g/mol. The van der Waals surface area contributed by atoms with Crippen LogP contribution in [0.4, 0.5) is 0 Å². The lowest BCUT2D eigenvalue weighted by atomic mass is 9.90. The summed E-state index contributed by atoms with van der Waals surface area (Å²) in [6.45, 7) is 0. The third-order valence-corrected chi connectivity index (χ3v) is 2.67. The van der Waals surface area contributed by atoms with Crippen LogP contribution >= 0.6 is 0 Å². The predicted molar refractivity (Wildman–Crippen MR) is 59.2 cm³/mol. The SMILES string of the molecule is O=C1CCCC([N+](=O)[O-])=C1c1ccccc1. The van der Waals surface area contributed by atoms with Crippen molar-refractivity contribution < 1.29 is 9.72 Å². The minimum absolute atomic E-state index is 0.0578. The van der Waals surface area contributed by atoms with Crippen LogP contribution in [0.2, 0.25) is 0 Å². The highest BCUT2D eigenvalue weighted by Crippen LogP contribution is 2.29. The summed E-state index contributed by atoms with van der Waals surface area (Å²) in [6, 6.07) is 8.86. The number of nitro groups is 1. The molecule has 2 rings (SSSR count). The number of benzene rings is 1. The summed E-state index contributed by atoms with van der Waals surface area (Å²) in [5.41, 5.74) is 0.998. The molecule has 4 nitrogen and oxygen atoms in total. The van der Waals surface area contributed by atoms with Gasteiger partial charge < -0.3 is 0 Å². The van der Waals surface area contributed by atoms with E-state index in [4.69, 9.17) is 0 Å². The van der Waals surface area contributed by atoms with Crippen LogP contribution in [0, 0.1) is 10.1 Å². The van der Waals surface area contributed by atoms with Gasteiger partial charge in [0, 0.05) is 12.8 Å². The van der Waals surface area contributed by atoms with E-state index in [1.165, 1.54) is 0 Å². The van der Waals surface area contributed by atoms with Gasteiger partial charge in [-0.3, -0.25) is 14.9 Å². The van der Waals surface area contributed by atoms with E-state index in [2.05, 4.69) is 0 Å². The normalized spacial score (nSPS) is 16.4. The number of allylic oxidation sites excluding steroid dienone is 2. The Labute approximate surface area is 92.7 Å². The second-order valence-electron chi connectivity index (χ2n) is 3.72.